The van der Waals surface area contributed by atoms with Gasteiger partial charge in [-0.05, 0) is 18.2 Å². The summed E-state index contributed by atoms with van der Waals surface area (Å²) in [7, 11) is 0. The number of carbonyl (C=O) groups is 1. The Labute approximate surface area is 133 Å². The molecule has 22 heavy (non-hydrogen) atoms. The highest BCUT2D eigenvalue weighted by Crippen LogP contribution is 2.34. The van der Waals surface area contributed by atoms with E-state index < -0.39 is 0 Å². The molecule has 1 atom stereocenters. The van der Waals surface area contributed by atoms with Gasteiger partial charge in [-0.3, -0.25) is 4.79 Å². The van der Waals surface area contributed by atoms with Gasteiger partial charge >= 0.3 is 0 Å². The fraction of sp³-hybridized carbons (Fsp3) is 0.176. The first-order valence-electron chi connectivity index (χ1n) is 7.23. The molecule has 2 aromatic rings. The van der Waals surface area contributed by atoms with E-state index in [1.807, 2.05) is 42.5 Å². The molecule has 2 aliphatic heterocycles. The topological polar surface area (TPSA) is 44.7 Å². The van der Waals surface area contributed by atoms with Crippen molar-refractivity contribution in [3.8, 4) is 0 Å². The zero-order valence-electron chi connectivity index (χ0n) is 11.8. The van der Waals surface area contributed by atoms with Crippen LogP contribution in [-0.4, -0.2) is 18.2 Å². The van der Waals surface area contributed by atoms with Crippen LogP contribution in [0.4, 0.5) is 11.4 Å². The van der Waals surface area contributed by atoms with Gasteiger partial charge in [0.15, 0.2) is 0 Å². The normalized spacial score (nSPS) is 19.9. The molecular weight excluding hydrogens is 298 g/mol. The minimum atomic E-state index is -0.0250. The monoisotopic (exact) mass is 311 g/mol. The Morgan fingerprint density at radius 3 is 2.77 bits per heavy atom. The highest BCUT2D eigenvalue weighted by molar-refractivity contribution is 6.34. The Balaban J connectivity index is 1.84. The van der Waals surface area contributed by atoms with Gasteiger partial charge in [-0.15, -0.1) is 0 Å². The minimum Gasteiger partial charge on any atom is -0.384 e. The summed E-state index contributed by atoms with van der Waals surface area (Å²) in [5, 5.41) is 9.97. The first-order chi connectivity index (χ1) is 10.7. The van der Waals surface area contributed by atoms with Gasteiger partial charge in [0.05, 0.1) is 16.4 Å². The molecule has 0 spiro atoms. The number of nitrogens with zero attached hydrogens (tertiary/aromatic N) is 2. The first kappa shape index (κ1) is 13.3. The van der Waals surface area contributed by atoms with Crippen LogP contribution in [0, 0.1) is 5.92 Å². The molecule has 1 unspecified atom stereocenters. The van der Waals surface area contributed by atoms with Crippen molar-refractivity contribution >= 4 is 34.6 Å². The van der Waals surface area contributed by atoms with Gasteiger partial charge < -0.3 is 5.32 Å². The second kappa shape index (κ2) is 5.14. The lowest BCUT2D eigenvalue weighted by molar-refractivity contribution is -0.119. The van der Waals surface area contributed by atoms with Crippen LogP contribution < -0.4 is 10.3 Å². The predicted octanol–water partition coefficient (Wildman–Crippen LogP) is 3.52. The lowest BCUT2D eigenvalue weighted by Crippen LogP contribution is -2.42. The van der Waals surface area contributed by atoms with E-state index in [0.717, 1.165) is 23.5 Å². The van der Waals surface area contributed by atoms with Crippen molar-refractivity contribution in [2.75, 3.05) is 16.9 Å². The standard InChI is InChI=1S/C17H14ClN3O/c18-13-6-2-4-8-15(13)21-16(22)9-11-10-19-14-7-3-1-5-12(14)17(11)20-21/h1-8,11,19H,9-10H2. The fourth-order valence-corrected chi connectivity index (χ4v) is 3.20. The van der Waals surface area contributed by atoms with E-state index in [0.29, 0.717) is 17.1 Å². The van der Waals surface area contributed by atoms with Crippen LogP contribution in [0.5, 0.6) is 0 Å². The van der Waals surface area contributed by atoms with E-state index in [1.165, 1.54) is 5.01 Å². The molecule has 0 saturated carbocycles. The minimum absolute atomic E-state index is 0.0250. The van der Waals surface area contributed by atoms with Crippen LogP contribution in [0.3, 0.4) is 0 Å². The van der Waals surface area contributed by atoms with Gasteiger partial charge in [-0.2, -0.15) is 10.1 Å². The molecule has 0 radical (unpaired) electrons. The molecule has 110 valence electrons. The number of anilines is 2. The number of carbonyl (C=O) groups excluding carboxylic acids is 1. The number of nitrogens with one attached hydrogen (secondary N) is 1. The zero-order valence-corrected chi connectivity index (χ0v) is 12.5. The first-order valence-corrected chi connectivity index (χ1v) is 7.61. The molecule has 0 saturated heterocycles. The molecule has 1 amide bonds. The number of hydrazone groups is 1. The highest BCUT2D eigenvalue weighted by Gasteiger charge is 2.34. The largest absolute Gasteiger partial charge is 0.384 e. The number of hydrogen-bond donors (Lipinski definition) is 1. The maximum Gasteiger partial charge on any atom is 0.248 e. The summed E-state index contributed by atoms with van der Waals surface area (Å²) in [6.45, 7) is 0.734. The smallest absolute Gasteiger partial charge is 0.248 e. The van der Waals surface area contributed by atoms with Crippen LogP contribution in [0.2, 0.25) is 5.02 Å². The van der Waals surface area contributed by atoms with Gasteiger partial charge in [0.1, 0.15) is 0 Å². The zero-order chi connectivity index (χ0) is 15.1. The van der Waals surface area contributed by atoms with E-state index in [4.69, 9.17) is 11.6 Å². The fourth-order valence-electron chi connectivity index (χ4n) is 2.99. The Morgan fingerprint density at radius 2 is 1.91 bits per heavy atom. The summed E-state index contributed by atoms with van der Waals surface area (Å²) in [5.74, 6) is 0.0872. The SMILES string of the molecule is O=C1CC2CNc3ccccc3C2=NN1c1ccccc1Cl. The maximum atomic E-state index is 12.4. The van der Waals surface area contributed by atoms with Crippen molar-refractivity contribution in [2.24, 2.45) is 11.0 Å². The van der Waals surface area contributed by atoms with E-state index in [9.17, 15) is 4.79 Å². The number of fused-ring (bicyclic) bond motifs is 3. The van der Waals surface area contributed by atoms with Crippen molar-refractivity contribution in [1.29, 1.82) is 0 Å². The van der Waals surface area contributed by atoms with Gasteiger partial charge in [0.25, 0.3) is 0 Å². The molecule has 1 N–H and O–H groups in total. The van der Waals surface area contributed by atoms with Crippen molar-refractivity contribution < 1.29 is 4.79 Å². The third kappa shape index (κ3) is 2.07. The average molecular weight is 312 g/mol. The molecule has 0 aromatic heterocycles. The lowest BCUT2D eigenvalue weighted by Gasteiger charge is -2.34. The van der Waals surface area contributed by atoms with Crippen LogP contribution in [-0.2, 0) is 4.79 Å². The number of hydrogen-bond acceptors (Lipinski definition) is 3. The molecule has 0 aliphatic carbocycles. The quantitative estimate of drug-likeness (QED) is 0.875. The Bertz CT molecular complexity index is 787. The van der Waals surface area contributed by atoms with Crippen molar-refractivity contribution in [1.82, 2.24) is 0 Å². The van der Waals surface area contributed by atoms with Gasteiger partial charge in [0.2, 0.25) is 5.91 Å². The van der Waals surface area contributed by atoms with E-state index in [2.05, 4.69) is 10.4 Å². The van der Waals surface area contributed by atoms with Crippen LogP contribution >= 0.6 is 11.6 Å². The van der Waals surface area contributed by atoms with Gasteiger partial charge in [0, 0.05) is 30.1 Å². The molecule has 0 bridgehead atoms. The molecule has 5 heteroatoms. The van der Waals surface area contributed by atoms with Crippen LogP contribution in [0.1, 0.15) is 12.0 Å². The van der Waals surface area contributed by atoms with Gasteiger partial charge in [-0.25, -0.2) is 0 Å². The second-order valence-corrected chi connectivity index (χ2v) is 5.88. The maximum absolute atomic E-state index is 12.4. The van der Waals surface area contributed by atoms with Crippen LogP contribution in [0.25, 0.3) is 0 Å². The summed E-state index contributed by atoms with van der Waals surface area (Å²) >= 11 is 6.22. The molecule has 0 fully saturated rings. The third-order valence-electron chi connectivity index (χ3n) is 4.07. The molecule has 2 heterocycles. The Morgan fingerprint density at radius 1 is 1.14 bits per heavy atom. The summed E-state index contributed by atoms with van der Waals surface area (Å²) in [5.41, 5.74) is 3.71. The summed E-state index contributed by atoms with van der Waals surface area (Å²) < 4.78 is 0. The summed E-state index contributed by atoms with van der Waals surface area (Å²) in [4.78, 5) is 12.4. The van der Waals surface area contributed by atoms with Gasteiger partial charge in [-0.1, -0.05) is 41.9 Å². The van der Waals surface area contributed by atoms with Crippen molar-refractivity contribution in [2.45, 2.75) is 6.42 Å². The Kier molecular flexibility index (Phi) is 3.12. The molecule has 4 nitrogen and oxygen atoms in total. The van der Waals surface area contributed by atoms with E-state index in [-0.39, 0.29) is 11.8 Å². The second-order valence-electron chi connectivity index (χ2n) is 5.47. The van der Waals surface area contributed by atoms with E-state index >= 15 is 0 Å². The number of para-hydroxylation sites is 2. The lowest BCUT2D eigenvalue weighted by atomic mass is 9.88. The van der Waals surface area contributed by atoms with E-state index in [1.54, 1.807) is 6.07 Å². The number of benzene rings is 2. The number of amides is 1. The Hall–Kier alpha value is -2.33. The number of rotatable bonds is 1. The van der Waals surface area contributed by atoms with Crippen molar-refractivity contribution in [3.63, 3.8) is 0 Å². The summed E-state index contributed by atoms with van der Waals surface area (Å²) in [6, 6.07) is 15.3. The van der Waals surface area contributed by atoms with Crippen molar-refractivity contribution in [3.05, 3.63) is 59.1 Å². The molecule has 2 aliphatic rings. The molecule has 2 aromatic carbocycles. The van der Waals surface area contributed by atoms with Crippen LogP contribution in [0.15, 0.2) is 53.6 Å². The summed E-state index contributed by atoms with van der Waals surface area (Å²) in [6.07, 6.45) is 0.436. The predicted molar refractivity (Wildman–Crippen MR) is 88.5 cm³/mol. The number of halogens is 1. The highest BCUT2D eigenvalue weighted by atomic mass is 35.5. The molecular formula is C17H14ClN3O. The third-order valence-corrected chi connectivity index (χ3v) is 4.39. The average Bonchev–Trinajstić information content (AvgIpc) is 2.55. The molecule has 4 rings (SSSR count).